The predicted molar refractivity (Wildman–Crippen MR) is 162 cm³/mol. The fourth-order valence-corrected chi connectivity index (χ4v) is 6.09. The molecule has 0 radical (unpaired) electrons. The highest BCUT2D eigenvalue weighted by Gasteiger charge is 2.31. The van der Waals surface area contributed by atoms with Crippen molar-refractivity contribution in [2.75, 3.05) is 11.9 Å². The molecule has 0 unspecified atom stereocenters. The number of carbonyl (C=O) groups excluding carboxylic acids is 2. The number of nitrogens with zero attached hydrogens (tertiary/aromatic N) is 4. The highest BCUT2D eigenvalue weighted by molar-refractivity contribution is 6.31. The summed E-state index contributed by atoms with van der Waals surface area (Å²) in [5, 5.41) is 7.33. The Hall–Kier alpha value is -4.30. The zero-order valence-corrected chi connectivity index (χ0v) is 24.2. The Balaban J connectivity index is 1.38. The van der Waals surface area contributed by atoms with Gasteiger partial charge < -0.3 is 10.2 Å². The van der Waals surface area contributed by atoms with Crippen molar-refractivity contribution in [3.63, 3.8) is 0 Å². The van der Waals surface area contributed by atoms with Crippen molar-refractivity contribution in [1.82, 2.24) is 19.7 Å². The van der Waals surface area contributed by atoms with Crippen LogP contribution in [0.4, 0.5) is 10.1 Å². The summed E-state index contributed by atoms with van der Waals surface area (Å²) in [6, 6.07) is 14.6. The molecule has 2 aliphatic rings. The third-order valence-corrected chi connectivity index (χ3v) is 8.48. The summed E-state index contributed by atoms with van der Waals surface area (Å²) < 4.78 is 17.2. The quantitative estimate of drug-likeness (QED) is 0.280. The molecule has 6 rings (SSSR count). The van der Waals surface area contributed by atoms with E-state index in [1.54, 1.807) is 30.2 Å². The molecule has 0 saturated carbocycles. The standard InChI is InChI=1S/C33H31ClFN5O2/c1-20-6-5-9-29(28-16-21(12-14-36-28)24-7-3-4-8-27(24)38-33(20)42)40-15-13-22(17-30(40)41)31-25(10-11-26(34)32(31)35)23-18-37-39(2)19-23/h3-4,7-8,10-12,14,16-20,29H,5-6,9,13,15H2,1-2H3,(H,38,42)/t20-,29+/m1/s1. The lowest BCUT2D eigenvalue weighted by Crippen LogP contribution is -2.38. The van der Waals surface area contributed by atoms with Crippen molar-refractivity contribution in [1.29, 1.82) is 0 Å². The third kappa shape index (κ3) is 5.34. The first-order chi connectivity index (χ1) is 20.3. The number of halogens is 2. The summed E-state index contributed by atoms with van der Waals surface area (Å²) >= 11 is 6.21. The molecule has 42 heavy (non-hydrogen) atoms. The number of benzene rings is 2. The number of aromatic nitrogens is 3. The molecule has 0 saturated heterocycles. The molecule has 214 valence electrons. The number of pyridine rings is 1. The van der Waals surface area contributed by atoms with Crippen LogP contribution in [0.1, 0.15) is 49.9 Å². The van der Waals surface area contributed by atoms with Gasteiger partial charge in [-0.2, -0.15) is 5.10 Å². The Morgan fingerprint density at radius 3 is 2.67 bits per heavy atom. The van der Waals surface area contributed by atoms with Gasteiger partial charge in [-0.15, -0.1) is 0 Å². The molecule has 2 bridgehead atoms. The minimum absolute atomic E-state index is 0.00666. The molecule has 0 spiro atoms. The maximum Gasteiger partial charge on any atom is 0.247 e. The van der Waals surface area contributed by atoms with E-state index < -0.39 is 5.82 Å². The van der Waals surface area contributed by atoms with Gasteiger partial charge in [0.05, 0.1) is 23.0 Å². The second-order valence-electron chi connectivity index (χ2n) is 11.0. The topological polar surface area (TPSA) is 80.1 Å². The minimum Gasteiger partial charge on any atom is -0.330 e. The first-order valence-corrected chi connectivity index (χ1v) is 14.5. The SMILES string of the molecule is C[C@@H]1CCC[C@H](N2CCC(c3c(-c4cnn(C)c4)ccc(Cl)c3F)=CC2=O)c2cc(ccn2)-c2ccccc2NC1=O. The summed E-state index contributed by atoms with van der Waals surface area (Å²) in [6.45, 7) is 2.32. The van der Waals surface area contributed by atoms with Crippen molar-refractivity contribution in [2.45, 2.75) is 38.6 Å². The largest absolute Gasteiger partial charge is 0.330 e. The van der Waals surface area contributed by atoms with Crippen LogP contribution in [-0.4, -0.2) is 38.0 Å². The number of nitrogens with one attached hydrogen (secondary N) is 1. The Kier molecular flexibility index (Phi) is 7.64. The Labute approximate surface area is 249 Å². The van der Waals surface area contributed by atoms with Crippen LogP contribution >= 0.6 is 11.6 Å². The first-order valence-electron chi connectivity index (χ1n) is 14.1. The molecule has 9 heteroatoms. The molecular weight excluding hydrogens is 553 g/mol. The lowest BCUT2D eigenvalue weighted by molar-refractivity contribution is -0.129. The van der Waals surface area contributed by atoms with E-state index >= 15 is 4.39 Å². The zero-order chi connectivity index (χ0) is 29.4. The summed E-state index contributed by atoms with van der Waals surface area (Å²) in [4.78, 5) is 33.3. The van der Waals surface area contributed by atoms with Gasteiger partial charge in [-0.05, 0) is 60.2 Å². The molecule has 2 aromatic heterocycles. The Bertz CT molecular complexity index is 1710. The molecule has 4 aromatic rings. The van der Waals surface area contributed by atoms with E-state index in [4.69, 9.17) is 16.6 Å². The van der Waals surface area contributed by atoms with Crippen LogP contribution in [0.2, 0.25) is 5.02 Å². The van der Waals surface area contributed by atoms with Gasteiger partial charge in [-0.3, -0.25) is 19.3 Å². The lowest BCUT2D eigenvalue weighted by Gasteiger charge is -2.35. The van der Waals surface area contributed by atoms with E-state index in [0.717, 1.165) is 34.5 Å². The van der Waals surface area contributed by atoms with Gasteiger partial charge >= 0.3 is 0 Å². The van der Waals surface area contributed by atoms with E-state index in [9.17, 15) is 9.59 Å². The molecule has 2 amide bonds. The number of hydrogen-bond donors (Lipinski definition) is 1. The number of fused-ring (bicyclic) bond motifs is 4. The van der Waals surface area contributed by atoms with E-state index in [1.165, 1.54) is 12.1 Å². The molecule has 2 aromatic carbocycles. The van der Waals surface area contributed by atoms with Gasteiger partial charge in [0.2, 0.25) is 11.8 Å². The highest BCUT2D eigenvalue weighted by atomic mass is 35.5. The van der Waals surface area contributed by atoms with Crippen LogP contribution in [0.5, 0.6) is 0 Å². The fourth-order valence-electron chi connectivity index (χ4n) is 5.94. The van der Waals surface area contributed by atoms with Gasteiger partial charge in [0.15, 0.2) is 0 Å². The maximum absolute atomic E-state index is 15.5. The van der Waals surface area contributed by atoms with E-state index in [0.29, 0.717) is 42.5 Å². The number of rotatable bonds is 3. The lowest BCUT2D eigenvalue weighted by atomic mass is 9.90. The fraction of sp³-hybridized carbons (Fsp3) is 0.273. The number of carbonyl (C=O) groups is 2. The van der Waals surface area contributed by atoms with Crippen LogP contribution in [-0.2, 0) is 16.6 Å². The minimum atomic E-state index is -0.545. The van der Waals surface area contributed by atoms with Crippen molar-refractivity contribution >= 4 is 34.7 Å². The number of anilines is 1. The molecule has 2 aliphatic heterocycles. The zero-order valence-electron chi connectivity index (χ0n) is 23.5. The first kappa shape index (κ1) is 27.8. The van der Waals surface area contributed by atoms with Crippen LogP contribution in [0.25, 0.3) is 27.8 Å². The number of hydrogen-bond acceptors (Lipinski definition) is 4. The number of aryl methyl sites for hydroxylation is 1. The summed E-state index contributed by atoms with van der Waals surface area (Å²) in [6.07, 6.45) is 9.28. The second kappa shape index (κ2) is 11.5. The summed E-state index contributed by atoms with van der Waals surface area (Å²) in [7, 11) is 1.80. The van der Waals surface area contributed by atoms with Crippen molar-refractivity contribution in [2.24, 2.45) is 13.0 Å². The maximum atomic E-state index is 15.5. The van der Waals surface area contributed by atoms with Gasteiger partial charge in [-0.25, -0.2) is 4.39 Å². The normalized spacial score (nSPS) is 19.3. The van der Waals surface area contributed by atoms with Gasteiger partial charge in [0.25, 0.3) is 0 Å². The van der Waals surface area contributed by atoms with Crippen molar-refractivity contribution in [3.05, 3.63) is 95.3 Å². The third-order valence-electron chi connectivity index (χ3n) is 8.19. The van der Waals surface area contributed by atoms with Crippen molar-refractivity contribution in [3.8, 4) is 22.3 Å². The summed E-state index contributed by atoms with van der Waals surface area (Å²) in [5.74, 6) is -0.965. The van der Waals surface area contributed by atoms with E-state index in [-0.39, 0.29) is 28.8 Å². The highest BCUT2D eigenvalue weighted by Crippen LogP contribution is 2.40. The van der Waals surface area contributed by atoms with Crippen LogP contribution in [0.15, 0.2) is 73.2 Å². The number of amides is 2. The Morgan fingerprint density at radius 2 is 1.88 bits per heavy atom. The molecule has 0 aliphatic carbocycles. The van der Waals surface area contributed by atoms with E-state index in [2.05, 4.69) is 10.4 Å². The van der Waals surface area contributed by atoms with Gasteiger partial charge in [0, 0.05) is 60.4 Å². The van der Waals surface area contributed by atoms with Crippen LogP contribution in [0.3, 0.4) is 0 Å². The molecule has 1 N–H and O–H groups in total. The average Bonchev–Trinajstić information content (AvgIpc) is 3.42. The van der Waals surface area contributed by atoms with Crippen LogP contribution < -0.4 is 5.32 Å². The van der Waals surface area contributed by atoms with Gasteiger partial charge in [0.1, 0.15) is 5.82 Å². The van der Waals surface area contributed by atoms with Crippen LogP contribution in [0, 0.1) is 11.7 Å². The number of para-hydroxylation sites is 1. The molecule has 4 heterocycles. The molecular formula is C33H31ClFN5O2. The second-order valence-corrected chi connectivity index (χ2v) is 11.4. The monoisotopic (exact) mass is 583 g/mol. The average molecular weight is 584 g/mol. The smallest absolute Gasteiger partial charge is 0.247 e. The van der Waals surface area contributed by atoms with Gasteiger partial charge in [-0.1, -0.05) is 49.2 Å². The Morgan fingerprint density at radius 1 is 1.05 bits per heavy atom. The predicted octanol–water partition coefficient (Wildman–Crippen LogP) is 7.06. The van der Waals surface area contributed by atoms with Crippen molar-refractivity contribution < 1.29 is 14.0 Å². The molecule has 2 atom stereocenters. The van der Waals surface area contributed by atoms with E-state index in [1.807, 2.05) is 54.4 Å². The summed E-state index contributed by atoms with van der Waals surface area (Å²) in [5.41, 5.74) is 5.67. The molecule has 7 nitrogen and oxygen atoms in total. The molecule has 0 fully saturated rings.